The van der Waals surface area contributed by atoms with Crippen LogP contribution >= 0.6 is 0 Å². The van der Waals surface area contributed by atoms with E-state index in [0.29, 0.717) is 25.2 Å². The Bertz CT molecular complexity index is 576. The van der Waals surface area contributed by atoms with Crippen molar-refractivity contribution >= 4 is 5.91 Å². The minimum atomic E-state index is -2.67. The Morgan fingerprint density at radius 2 is 2.14 bits per heavy atom. The van der Waals surface area contributed by atoms with Gasteiger partial charge in [0.05, 0.1) is 17.9 Å². The van der Waals surface area contributed by atoms with Crippen LogP contribution in [0.4, 0.5) is 8.78 Å². The van der Waals surface area contributed by atoms with Crippen molar-refractivity contribution in [3.05, 3.63) is 17.0 Å². The van der Waals surface area contributed by atoms with Gasteiger partial charge in [0.1, 0.15) is 0 Å². The van der Waals surface area contributed by atoms with Gasteiger partial charge in [0, 0.05) is 31.5 Å². The maximum atomic E-state index is 13.0. The summed E-state index contributed by atoms with van der Waals surface area (Å²) in [6, 6.07) is 0. The molecule has 0 saturated carbocycles. The standard InChI is InChI=1S/C15H21F2N3O2/c1-8-4-11-12(9(2)22-8)18-19-13(11)14(21)20-6-10(7-20)5-15(3,16)17/h8-10H,4-7H2,1-3H3,(H,18,19)/t8-,9+/m1/s1. The van der Waals surface area contributed by atoms with E-state index in [1.165, 1.54) is 0 Å². The topological polar surface area (TPSA) is 58.2 Å². The van der Waals surface area contributed by atoms with Crippen molar-refractivity contribution in [3.63, 3.8) is 0 Å². The third-order valence-electron chi connectivity index (χ3n) is 4.33. The van der Waals surface area contributed by atoms with Crippen molar-refractivity contribution < 1.29 is 18.3 Å². The lowest BCUT2D eigenvalue weighted by atomic mass is 9.92. The molecule has 1 fully saturated rings. The van der Waals surface area contributed by atoms with E-state index >= 15 is 0 Å². The van der Waals surface area contributed by atoms with Gasteiger partial charge in [-0.25, -0.2) is 8.78 Å². The molecule has 0 spiro atoms. The quantitative estimate of drug-likeness (QED) is 0.933. The zero-order chi connectivity index (χ0) is 16.1. The smallest absolute Gasteiger partial charge is 0.274 e. The van der Waals surface area contributed by atoms with Gasteiger partial charge in [-0.15, -0.1) is 0 Å². The Balaban J connectivity index is 1.68. The zero-order valence-corrected chi connectivity index (χ0v) is 13.0. The van der Waals surface area contributed by atoms with E-state index in [4.69, 9.17) is 4.74 Å². The molecule has 0 aromatic carbocycles. The first-order chi connectivity index (χ1) is 10.2. The van der Waals surface area contributed by atoms with Crippen molar-refractivity contribution in [1.82, 2.24) is 15.1 Å². The molecule has 122 valence electrons. The Morgan fingerprint density at radius 1 is 1.45 bits per heavy atom. The van der Waals surface area contributed by atoms with Crippen LogP contribution in [-0.4, -0.2) is 46.1 Å². The second-order valence-electron chi connectivity index (χ2n) is 6.61. The Morgan fingerprint density at radius 3 is 2.77 bits per heavy atom. The molecule has 7 heteroatoms. The minimum absolute atomic E-state index is 0.0366. The molecular weight excluding hydrogens is 292 g/mol. The number of fused-ring (bicyclic) bond motifs is 1. The summed E-state index contributed by atoms with van der Waals surface area (Å²) < 4.78 is 31.6. The van der Waals surface area contributed by atoms with Crippen LogP contribution in [0.2, 0.25) is 0 Å². The average Bonchev–Trinajstić information content (AvgIpc) is 2.75. The number of alkyl halides is 2. The number of nitrogens with zero attached hydrogens (tertiary/aromatic N) is 2. The molecule has 1 aromatic rings. The maximum Gasteiger partial charge on any atom is 0.274 e. The number of likely N-dealkylation sites (tertiary alicyclic amines) is 1. The van der Waals surface area contributed by atoms with Crippen molar-refractivity contribution in [3.8, 4) is 0 Å². The third-order valence-corrected chi connectivity index (χ3v) is 4.33. The molecule has 2 aliphatic heterocycles. The molecule has 1 N–H and O–H groups in total. The highest BCUT2D eigenvalue weighted by Gasteiger charge is 2.39. The summed E-state index contributed by atoms with van der Waals surface area (Å²) in [7, 11) is 0. The number of carbonyl (C=O) groups is 1. The molecule has 5 nitrogen and oxygen atoms in total. The first-order valence-electron chi connectivity index (χ1n) is 7.64. The summed E-state index contributed by atoms with van der Waals surface area (Å²) in [6.45, 7) is 5.56. The lowest BCUT2D eigenvalue weighted by Crippen LogP contribution is -2.51. The van der Waals surface area contributed by atoms with Crippen LogP contribution < -0.4 is 0 Å². The Labute approximate surface area is 128 Å². The van der Waals surface area contributed by atoms with E-state index in [9.17, 15) is 13.6 Å². The van der Waals surface area contributed by atoms with Crippen LogP contribution in [0.5, 0.6) is 0 Å². The largest absolute Gasteiger partial charge is 0.369 e. The Kier molecular flexibility index (Phi) is 3.71. The van der Waals surface area contributed by atoms with Crippen LogP contribution in [0.3, 0.4) is 0 Å². The van der Waals surface area contributed by atoms with Gasteiger partial charge in [-0.3, -0.25) is 9.89 Å². The van der Waals surface area contributed by atoms with Crippen LogP contribution in [0.15, 0.2) is 0 Å². The molecule has 1 aromatic heterocycles. The lowest BCUT2D eigenvalue weighted by molar-refractivity contribution is -0.0318. The van der Waals surface area contributed by atoms with Gasteiger partial charge in [0.25, 0.3) is 5.91 Å². The van der Waals surface area contributed by atoms with Gasteiger partial charge in [0.2, 0.25) is 5.92 Å². The van der Waals surface area contributed by atoms with E-state index < -0.39 is 5.92 Å². The number of ether oxygens (including phenoxy) is 1. The summed E-state index contributed by atoms with van der Waals surface area (Å²) >= 11 is 0. The normalized spacial score (nSPS) is 25.8. The molecule has 2 atom stereocenters. The number of H-pyrrole nitrogens is 1. The van der Waals surface area contributed by atoms with Crippen LogP contribution in [0.1, 0.15) is 55.0 Å². The summed E-state index contributed by atoms with van der Waals surface area (Å²) in [5.74, 6) is -2.97. The summed E-state index contributed by atoms with van der Waals surface area (Å²) in [5.41, 5.74) is 2.16. The van der Waals surface area contributed by atoms with Gasteiger partial charge in [-0.1, -0.05) is 0 Å². The zero-order valence-electron chi connectivity index (χ0n) is 13.0. The SMILES string of the molecule is C[C@@H]1Cc2c(C(=O)N3CC(CC(C)(F)F)C3)n[nH]c2[C@H](C)O1. The molecule has 3 rings (SSSR count). The number of amides is 1. The molecule has 0 bridgehead atoms. The summed E-state index contributed by atoms with van der Waals surface area (Å²) in [5, 5.41) is 7.03. The molecule has 1 saturated heterocycles. The molecule has 2 aliphatic rings. The number of nitrogens with one attached hydrogen (secondary N) is 1. The van der Waals surface area contributed by atoms with Crippen LogP contribution in [0.25, 0.3) is 0 Å². The molecule has 0 aliphatic carbocycles. The van der Waals surface area contributed by atoms with Gasteiger partial charge >= 0.3 is 0 Å². The van der Waals surface area contributed by atoms with Gasteiger partial charge < -0.3 is 9.64 Å². The van der Waals surface area contributed by atoms with Crippen molar-refractivity contribution in [2.45, 2.75) is 51.7 Å². The van der Waals surface area contributed by atoms with E-state index in [1.54, 1.807) is 4.90 Å². The molecule has 0 unspecified atom stereocenters. The highest BCUT2D eigenvalue weighted by Crippen LogP contribution is 2.33. The number of aromatic nitrogens is 2. The second-order valence-corrected chi connectivity index (χ2v) is 6.61. The highest BCUT2D eigenvalue weighted by atomic mass is 19.3. The summed E-state index contributed by atoms with van der Waals surface area (Å²) in [4.78, 5) is 14.1. The summed E-state index contributed by atoms with van der Waals surface area (Å²) in [6.07, 6.45) is 0.393. The lowest BCUT2D eigenvalue weighted by Gasteiger charge is -2.40. The van der Waals surface area contributed by atoms with Crippen LogP contribution in [-0.2, 0) is 11.2 Å². The fourth-order valence-corrected chi connectivity index (χ4v) is 3.37. The van der Waals surface area contributed by atoms with Crippen molar-refractivity contribution in [2.75, 3.05) is 13.1 Å². The molecule has 1 amide bonds. The molecule has 3 heterocycles. The third kappa shape index (κ3) is 2.86. The van der Waals surface area contributed by atoms with E-state index in [2.05, 4.69) is 10.2 Å². The fraction of sp³-hybridized carbons (Fsp3) is 0.733. The molecular formula is C15H21F2N3O2. The molecule has 22 heavy (non-hydrogen) atoms. The highest BCUT2D eigenvalue weighted by molar-refractivity contribution is 5.94. The monoisotopic (exact) mass is 313 g/mol. The second kappa shape index (κ2) is 5.30. The number of halogens is 2. The predicted molar refractivity (Wildman–Crippen MR) is 75.9 cm³/mol. The van der Waals surface area contributed by atoms with E-state index in [-0.39, 0.29) is 30.5 Å². The maximum absolute atomic E-state index is 13.0. The van der Waals surface area contributed by atoms with Crippen molar-refractivity contribution in [2.24, 2.45) is 5.92 Å². The first kappa shape index (κ1) is 15.4. The first-order valence-corrected chi connectivity index (χ1v) is 7.64. The van der Waals surface area contributed by atoms with Crippen LogP contribution in [0, 0.1) is 5.92 Å². The fourth-order valence-electron chi connectivity index (χ4n) is 3.37. The number of hydrogen-bond acceptors (Lipinski definition) is 3. The number of hydrogen-bond donors (Lipinski definition) is 1. The van der Waals surface area contributed by atoms with E-state index in [1.807, 2.05) is 13.8 Å². The average molecular weight is 313 g/mol. The number of aromatic amines is 1. The van der Waals surface area contributed by atoms with Gasteiger partial charge in [0.15, 0.2) is 5.69 Å². The number of rotatable bonds is 3. The predicted octanol–water partition coefficient (Wildman–Crippen LogP) is 2.55. The Hall–Kier alpha value is -1.50. The van der Waals surface area contributed by atoms with Crippen molar-refractivity contribution in [1.29, 1.82) is 0 Å². The minimum Gasteiger partial charge on any atom is -0.369 e. The van der Waals surface area contributed by atoms with E-state index in [0.717, 1.165) is 18.2 Å². The number of carbonyl (C=O) groups excluding carboxylic acids is 1. The van der Waals surface area contributed by atoms with Gasteiger partial charge in [-0.05, 0) is 26.7 Å². The van der Waals surface area contributed by atoms with Gasteiger partial charge in [-0.2, -0.15) is 5.10 Å². The molecule has 0 radical (unpaired) electrons.